The van der Waals surface area contributed by atoms with E-state index < -0.39 is 0 Å². The Balaban J connectivity index is 2.27. The van der Waals surface area contributed by atoms with Crippen molar-refractivity contribution in [1.82, 2.24) is 9.97 Å². The third-order valence-corrected chi connectivity index (χ3v) is 4.20. The molecule has 0 aliphatic heterocycles. The van der Waals surface area contributed by atoms with Crippen molar-refractivity contribution in [3.05, 3.63) is 40.6 Å². The maximum Gasteiger partial charge on any atom is 0.141 e. The third-order valence-electron chi connectivity index (χ3n) is 3.45. The van der Waals surface area contributed by atoms with Gasteiger partial charge in [0.15, 0.2) is 0 Å². The molecule has 0 radical (unpaired) electrons. The van der Waals surface area contributed by atoms with Crippen LogP contribution in [0.4, 0.5) is 5.82 Å². The van der Waals surface area contributed by atoms with Crippen molar-refractivity contribution in [2.75, 3.05) is 20.0 Å². The Labute approximate surface area is 143 Å². The van der Waals surface area contributed by atoms with E-state index in [9.17, 15) is 0 Å². The molecule has 7 heteroatoms. The quantitative estimate of drug-likeness (QED) is 0.766. The number of nitrogen functional groups attached to an aromatic ring is 1. The first-order chi connectivity index (χ1) is 11.0. The van der Waals surface area contributed by atoms with Crippen molar-refractivity contribution in [1.29, 1.82) is 0 Å². The predicted octanol–water partition coefficient (Wildman–Crippen LogP) is 4.20. The largest absolute Gasteiger partial charge is 0.495 e. The summed E-state index contributed by atoms with van der Waals surface area (Å²) < 4.78 is 10.6. The number of anilines is 1. The number of nitrogens with zero attached hydrogens (tertiary/aromatic N) is 2. The van der Waals surface area contributed by atoms with Gasteiger partial charge in [-0.2, -0.15) is 0 Å². The van der Waals surface area contributed by atoms with Crippen LogP contribution in [-0.4, -0.2) is 24.2 Å². The number of fused-ring (bicyclic) bond motifs is 1. The summed E-state index contributed by atoms with van der Waals surface area (Å²) in [5.41, 5.74) is 6.82. The highest BCUT2D eigenvalue weighted by atomic mass is 35.5. The van der Waals surface area contributed by atoms with Crippen molar-refractivity contribution in [2.24, 2.45) is 0 Å². The standard InChI is InChI=1S/C16H13Cl2N3O2/c1-22-11-5-12(23-2)16(18)14(15(11)17)10-3-8-7-21-13(19)4-9(8)6-20-10/h3-7H,1-2H3,(H2,19,21). The Hall–Kier alpha value is -2.24. The van der Waals surface area contributed by atoms with Crippen LogP contribution < -0.4 is 15.2 Å². The molecule has 2 N–H and O–H groups in total. The fourth-order valence-corrected chi connectivity index (χ4v) is 3.00. The van der Waals surface area contributed by atoms with Crippen LogP contribution in [0.2, 0.25) is 10.0 Å². The molecule has 2 aromatic heterocycles. The number of benzene rings is 1. The van der Waals surface area contributed by atoms with Crippen molar-refractivity contribution < 1.29 is 9.47 Å². The van der Waals surface area contributed by atoms with Crippen LogP contribution in [-0.2, 0) is 0 Å². The van der Waals surface area contributed by atoms with Crippen molar-refractivity contribution in [3.8, 4) is 22.8 Å². The molecular formula is C16H13Cl2N3O2. The highest BCUT2D eigenvalue weighted by Gasteiger charge is 2.19. The molecule has 0 aliphatic carbocycles. The molecule has 0 atom stereocenters. The molecule has 0 saturated heterocycles. The van der Waals surface area contributed by atoms with Crippen LogP contribution in [0.3, 0.4) is 0 Å². The summed E-state index contributed by atoms with van der Waals surface area (Å²) >= 11 is 12.8. The van der Waals surface area contributed by atoms with Crippen LogP contribution in [0.25, 0.3) is 22.0 Å². The molecule has 0 bridgehead atoms. The minimum Gasteiger partial charge on any atom is -0.495 e. The summed E-state index contributed by atoms with van der Waals surface area (Å²) in [4.78, 5) is 8.52. The van der Waals surface area contributed by atoms with Gasteiger partial charge in [-0.15, -0.1) is 0 Å². The monoisotopic (exact) mass is 349 g/mol. The maximum atomic E-state index is 6.41. The molecule has 3 aromatic rings. The van der Waals surface area contributed by atoms with Gasteiger partial charge in [0, 0.05) is 34.8 Å². The number of nitrogens with two attached hydrogens (primary N) is 1. The lowest BCUT2D eigenvalue weighted by molar-refractivity contribution is 0.395. The molecule has 0 amide bonds. The van der Waals surface area contributed by atoms with Gasteiger partial charge >= 0.3 is 0 Å². The fraction of sp³-hybridized carbons (Fsp3) is 0.125. The van der Waals surface area contributed by atoms with Gasteiger partial charge in [0.1, 0.15) is 17.3 Å². The van der Waals surface area contributed by atoms with Gasteiger partial charge < -0.3 is 15.2 Å². The molecule has 0 unspecified atom stereocenters. The zero-order valence-corrected chi connectivity index (χ0v) is 13.9. The molecule has 5 nitrogen and oxygen atoms in total. The number of ether oxygens (including phenoxy) is 2. The number of halogens is 2. The first kappa shape index (κ1) is 15.6. The first-order valence-corrected chi connectivity index (χ1v) is 7.42. The summed E-state index contributed by atoms with van der Waals surface area (Å²) in [5.74, 6) is 1.35. The second-order valence-electron chi connectivity index (χ2n) is 4.81. The average molecular weight is 350 g/mol. The van der Waals surface area contributed by atoms with E-state index in [-0.39, 0.29) is 0 Å². The Bertz CT molecular complexity index is 872. The summed E-state index contributed by atoms with van der Waals surface area (Å²) in [7, 11) is 3.05. The molecule has 0 spiro atoms. The van der Waals surface area contributed by atoms with Gasteiger partial charge in [-0.1, -0.05) is 23.2 Å². The highest BCUT2D eigenvalue weighted by Crippen LogP contribution is 2.45. The Kier molecular flexibility index (Phi) is 4.15. The second kappa shape index (κ2) is 6.10. The molecule has 2 heterocycles. The highest BCUT2D eigenvalue weighted by molar-refractivity contribution is 6.41. The van der Waals surface area contributed by atoms with Crippen LogP contribution in [0.5, 0.6) is 11.5 Å². The van der Waals surface area contributed by atoms with Gasteiger partial charge in [-0.3, -0.25) is 4.98 Å². The number of hydrogen-bond acceptors (Lipinski definition) is 5. The number of methoxy groups -OCH3 is 2. The van der Waals surface area contributed by atoms with Crippen LogP contribution in [0.1, 0.15) is 0 Å². The fourth-order valence-electron chi connectivity index (χ4n) is 2.30. The number of rotatable bonds is 3. The molecular weight excluding hydrogens is 337 g/mol. The van der Waals surface area contributed by atoms with E-state index in [2.05, 4.69) is 9.97 Å². The number of aromatic nitrogens is 2. The number of pyridine rings is 2. The van der Waals surface area contributed by atoms with Gasteiger partial charge in [0.25, 0.3) is 0 Å². The molecule has 0 saturated carbocycles. The second-order valence-corrected chi connectivity index (χ2v) is 5.57. The lowest BCUT2D eigenvalue weighted by Crippen LogP contribution is -1.95. The van der Waals surface area contributed by atoms with E-state index >= 15 is 0 Å². The van der Waals surface area contributed by atoms with Crippen LogP contribution >= 0.6 is 23.2 Å². The van der Waals surface area contributed by atoms with E-state index in [1.165, 1.54) is 14.2 Å². The van der Waals surface area contributed by atoms with Gasteiger partial charge in [0.05, 0.1) is 30.0 Å². The molecule has 0 fully saturated rings. The van der Waals surface area contributed by atoms with Crippen molar-refractivity contribution in [2.45, 2.75) is 0 Å². The SMILES string of the molecule is COc1cc(OC)c(Cl)c(-c2cc3cnc(N)cc3cn2)c1Cl. The minimum atomic E-state index is 0.369. The topological polar surface area (TPSA) is 70.3 Å². The summed E-state index contributed by atoms with van der Waals surface area (Å²) in [6.07, 6.45) is 3.37. The Morgan fingerprint density at radius 3 is 2.04 bits per heavy atom. The van der Waals surface area contributed by atoms with Crippen LogP contribution in [0, 0.1) is 0 Å². The average Bonchev–Trinajstić information content (AvgIpc) is 2.55. The van der Waals surface area contributed by atoms with Crippen LogP contribution in [0.15, 0.2) is 30.6 Å². The maximum absolute atomic E-state index is 6.41. The predicted molar refractivity (Wildman–Crippen MR) is 92.5 cm³/mol. The number of hydrogen-bond donors (Lipinski definition) is 1. The van der Waals surface area contributed by atoms with E-state index in [1.807, 2.05) is 6.07 Å². The summed E-state index contributed by atoms with van der Waals surface area (Å²) in [5, 5.41) is 2.49. The lowest BCUT2D eigenvalue weighted by atomic mass is 10.1. The zero-order valence-electron chi connectivity index (χ0n) is 12.4. The molecule has 118 valence electrons. The van der Waals surface area contributed by atoms with Gasteiger partial charge in [0.2, 0.25) is 0 Å². The normalized spacial score (nSPS) is 10.8. The first-order valence-electron chi connectivity index (χ1n) is 6.66. The molecule has 3 rings (SSSR count). The lowest BCUT2D eigenvalue weighted by Gasteiger charge is -2.14. The van der Waals surface area contributed by atoms with E-state index in [0.29, 0.717) is 38.6 Å². The summed E-state index contributed by atoms with van der Waals surface area (Å²) in [6, 6.07) is 5.23. The molecule has 1 aromatic carbocycles. The smallest absolute Gasteiger partial charge is 0.141 e. The summed E-state index contributed by atoms with van der Waals surface area (Å²) in [6.45, 7) is 0. The van der Waals surface area contributed by atoms with Gasteiger partial charge in [-0.25, -0.2) is 4.98 Å². The zero-order chi connectivity index (χ0) is 16.6. The Morgan fingerprint density at radius 1 is 0.870 bits per heavy atom. The third kappa shape index (κ3) is 2.73. The minimum absolute atomic E-state index is 0.369. The van der Waals surface area contributed by atoms with E-state index in [1.54, 1.807) is 24.5 Å². The van der Waals surface area contributed by atoms with E-state index in [4.69, 9.17) is 38.4 Å². The Morgan fingerprint density at radius 2 is 1.43 bits per heavy atom. The molecule has 23 heavy (non-hydrogen) atoms. The van der Waals surface area contributed by atoms with E-state index in [0.717, 1.165) is 10.8 Å². The molecule has 0 aliphatic rings. The van der Waals surface area contributed by atoms with Crippen molar-refractivity contribution in [3.63, 3.8) is 0 Å². The van der Waals surface area contributed by atoms with Gasteiger partial charge in [-0.05, 0) is 12.1 Å². The van der Waals surface area contributed by atoms with Crippen molar-refractivity contribution >= 4 is 39.8 Å².